The van der Waals surface area contributed by atoms with Gasteiger partial charge in [-0.2, -0.15) is 9.50 Å². The van der Waals surface area contributed by atoms with Crippen molar-refractivity contribution in [3.63, 3.8) is 0 Å². The molecule has 7 nitrogen and oxygen atoms in total. The summed E-state index contributed by atoms with van der Waals surface area (Å²) in [6, 6.07) is 7.48. The van der Waals surface area contributed by atoms with Crippen LogP contribution in [-0.4, -0.2) is 37.4 Å². The smallest absolute Gasteiger partial charge is 0.254 e. The summed E-state index contributed by atoms with van der Waals surface area (Å²) >= 11 is 6.00. The number of anilines is 1. The van der Waals surface area contributed by atoms with E-state index in [1.807, 2.05) is 38.1 Å². The first-order chi connectivity index (χ1) is 11.8. The van der Waals surface area contributed by atoms with Crippen LogP contribution in [-0.2, 0) is 17.8 Å². The molecule has 2 N–H and O–H groups in total. The summed E-state index contributed by atoms with van der Waals surface area (Å²) in [5.74, 6) is 0.591. The van der Waals surface area contributed by atoms with Crippen molar-refractivity contribution < 1.29 is 4.79 Å². The summed E-state index contributed by atoms with van der Waals surface area (Å²) in [7, 11) is 1.77. The van der Waals surface area contributed by atoms with E-state index >= 15 is 0 Å². The van der Waals surface area contributed by atoms with Gasteiger partial charge in [-0.05, 0) is 31.5 Å². The molecule has 0 aliphatic rings. The van der Waals surface area contributed by atoms with E-state index in [2.05, 4.69) is 15.1 Å². The minimum Gasteiger partial charge on any atom is -0.366 e. The van der Waals surface area contributed by atoms with Crippen LogP contribution in [0.3, 0.4) is 0 Å². The number of nitrogens with zero attached hydrogens (tertiary/aromatic N) is 5. The Labute approximate surface area is 150 Å². The summed E-state index contributed by atoms with van der Waals surface area (Å²) in [5.41, 5.74) is 9.02. The lowest BCUT2D eigenvalue weighted by atomic mass is 10.1. The molecule has 0 atom stereocenters. The van der Waals surface area contributed by atoms with Gasteiger partial charge in [0.2, 0.25) is 11.9 Å². The third-order valence-corrected chi connectivity index (χ3v) is 4.36. The number of carbonyl (C=O) groups excluding carboxylic acids is 1. The quantitative estimate of drug-likeness (QED) is 0.772. The van der Waals surface area contributed by atoms with Crippen LogP contribution in [0, 0.1) is 13.8 Å². The molecule has 25 heavy (non-hydrogen) atoms. The minimum absolute atomic E-state index is 0.0135. The van der Waals surface area contributed by atoms with Crippen molar-refractivity contribution in [2.75, 3.05) is 12.8 Å². The Hall–Kier alpha value is -2.67. The van der Waals surface area contributed by atoms with Crippen LogP contribution in [0.1, 0.15) is 22.5 Å². The van der Waals surface area contributed by atoms with Gasteiger partial charge in [-0.15, -0.1) is 5.10 Å². The third kappa shape index (κ3) is 3.56. The highest BCUT2D eigenvalue weighted by Gasteiger charge is 2.17. The van der Waals surface area contributed by atoms with E-state index in [1.54, 1.807) is 16.5 Å². The molecule has 0 fully saturated rings. The summed E-state index contributed by atoms with van der Waals surface area (Å²) in [6.07, 6.45) is 0.234. The second kappa shape index (κ2) is 6.68. The summed E-state index contributed by atoms with van der Waals surface area (Å²) < 4.78 is 1.57. The van der Waals surface area contributed by atoms with E-state index in [9.17, 15) is 4.79 Å². The van der Waals surface area contributed by atoms with Crippen LogP contribution in [0.5, 0.6) is 0 Å². The molecule has 2 heterocycles. The van der Waals surface area contributed by atoms with E-state index < -0.39 is 0 Å². The summed E-state index contributed by atoms with van der Waals surface area (Å²) in [5, 5.41) is 4.78. The summed E-state index contributed by atoms with van der Waals surface area (Å²) in [4.78, 5) is 22.8. The van der Waals surface area contributed by atoms with Crippen molar-refractivity contribution in [2.24, 2.45) is 0 Å². The predicted octanol–water partition coefficient (Wildman–Crippen LogP) is 2.18. The Morgan fingerprint density at radius 3 is 2.80 bits per heavy atom. The lowest BCUT2D eigenvalue weighted by Gasteiger charge is -2.19. The molecule has 3 aromatic rings. The Kier molecular flexibility index (Phi) is 4.59. The first kappa shape index (κ1) is 17.2. The van der Waals surface area contributed by atoms with Crippen molar-refractivity contribution in [2.45, 2.75) is 26.8 Å². The van der Waals surface area contributed by atoms with E-state index in [4.69, 9.17) is 17.3 Å². The average Bonchev–Trinajstić information content (AvgIpc) is 2.91. The summed E-state index contributed by atoms with van der Waals surface area (Å²) in [6.45, 7) is 4.23. The van der Waals surface area contributed by atoms with Gasteiger partial charge in [-0.25, -0.2) is 4.98 Å². The predicted molar refractivity (Wildman–Crippen MR) is 96.3 cm³/mol. The van der Waals surface area contributed by atoms with Gasteiger partial charge >= 0.3 is 0 Å². The number of aryl methyl sites for hydroxylation is 2. The zero-order chi connectivity index (χ0) is 18.1. The van der Waals surface area contributed by atoms with Gasteiger partial charge in [0.25, 0.3) is 5.78 Å². The van der Waals surface area contributed by atoms with Gasteiger partial charge in [0.05, 0.1) is 6.42 Å². The third-order valence-electron chi connectivity index (χ3n) is 4.13. The van der Waals surface area contributed by atoms with E-state index in [1.165, 1.54) is 0 Å². The number of rotatable bonds is 4. The zero-order valence-electron chi connectivity index (χ0n) is 14.3. The lowest BCUT2D eigenvalue weighted by Crippen LogP contribution is -2.28. The Morgan fingerprint density at radius 2 is 2.08 bits per heavy atom. The van der Waals surface area contributed by atoms with Crippen LogP contribution in [0.25, 0.3) is 5.78 Å². The number of nitrogen functional groups attached to an aromatic ring is 1. The molecule has 3 rings (SSSR count). The van der Waals surface area contributed by atoms with Gasteiger partial charge in [0, 0.05) is 35.6 Å². The fourth-order valence-electron chi connectivity index (χ4n) is 2.76. The monoisotopic (exact) mass is 358 g/mol. The maximum atomic E-state index is 12.6. The van der Waals surface area contributed by atoms with Crippen LogP contribution < -0.4 is 5.73 Å². The normalized spacial score (nSPS) is 11.0. The zero-order valence-corrected chi connectivity index (χ0v) is 15.1. The SMILES string of the molecule is Cc1nc2nc(N)nn2c(C)c1CC(=O)N(C)Cc1cccc(Cl)c1. The molecule has 0 saturated carbocycles. The van der Waals surface area contributed by atoms with Crippen LogP contribution in [0.4, 0.5) is 5.95 Å². The molecule has 1 aromatic carbocycles. The molecule has 2 aromatic heterocycles. The number of likely N-dealkylation sites (N-methyl/N-ethyl adjacent to an activating group) is 1. The van der Waals surface area contributed by atoms with Crippen molar-refractivity contribution in [3.8, 4) is 0 Å². The number of aromatic nitrogens is 4. The molecule has 0 saturated heterocycles. The topological polar surface area (TPSA) is 89.4 Å². The van der Waals surface area contributed by atoms with E-state index in [0.29, 0.717) is 17.3 Å². The lowest BCUT2D eigenvalue weighted by molar-refractivity contribution is -0.129. The van der Waals surface area contributed by atoms with E-state index in [0.717, 1.165) is 22.5 Å². The van der Waals surface area contributed by atoms with Crippen LogP contribution in [0.15, 0.2) is 24.3 Å². The number of fused-ring (bicyclic) bond motifs is 1. The van der Waals surface area contributed by atoms with Crippen molar-refractivity contribution in [3.05, 3.63) is 51.8 Å². The first-order valence-corrected chi connectivity index (χ1v) is 8.19. The second-order valence-electron chi connectivity index (χ2n) is 6.00. The van der Waals surface area contributed by atoms with Crippen molar-refractivity contribution in [1.82, 2.24) is 24.5 Å². The maximum absolute atomic E-state index is 12.6. The number of nitrogens with two attached hydrogens (primary N) is 1. The Bertz CT molecular complexity index is 952. The maximum Gasteiger partial charge on any atom is 0.254 e. The average molecular weight is 359 g/mol. The number of hydrogen-bond acceptors (Lipinski definition) is 5. The molecule has 0 radical (unpaired) electrons. The van der Waals surface area contributed by atoms with Crippen molar-refractivity contribution >= 4 is 29.2 Å². The van der Waals surface area contributed by atoms with E-state index in [-0.39, 0.29) is 18.3 Å². The molecule has 0 aliphatic carbocycles. The molecule has 1 amide bonds. The number of amides is 1. The standard InChI is InChI=1S/C17H19ClN6O/c1-10-14(11(2)24-17(20-10)21-16(19)22-24)8-15(25)23(3)9-12-5-4-6-13(18)7-12/h4-7H,8-9H2,1-3H3,(H2,19,22). The molecule has 8 heteroatoms. The fraction of sp³-hybridized carbons (Fsp3) is 0.294. The number of hydrogen-bond donors (Lipinski definition) is 1. The van der Waals surface area contributed by atoms with Gasteiger partial charge in [-0.3, -0.25) is 4.79 Å². The number of benzene rings is 1. The van der Waals surface area contributed by atoms with Gasteiger partial charge in [0.1, 0.15) is 0 Å². The largest absolute Gasteiger partial charge is 0.366 e. The Morgan fingerprint density at radius 1 is 1.32 bits per heavy atom. The first-order valence-electron chi connectivity index (χ1n) is 7.82. The molecule has 0 spiro atoms. The molecule has 0 bridgehead atoms. The molecule has 0 aliphatic heterocycles. The number of halogens is 1. The minimum atomic E-state index is -0.0135. The molecule has 0 unspecified atom stereocenters. The van der Waals surface area contributed by atoms with Crippen LogP contribution >= 0.6 is 11.6 Å². The second-order valence-corrected chi connectivity index (χ2v) is 6.44. The number of carbonyl (C=O) groups is 1. The van der Waals surface area contributed by atoms with Gasteiger partial charge < -0.3 is 10.6 Å². The molecular formula is C17H19ClN6O. The van der Waals surface area contributed by atoms with Gasteiger partial charge in [0.15, 0.2) is 0 Å². The highest BCUT2D eigenvalue weighted by atomic mass is 35.5. The van der Waals surface area contributed by atoms with Crippen molar-refractivity contribution in [1.29, 1.82) is 0 Å². The molecule has 130 valence electrons. The van der Waals surface area contributed by atoms with Gasteiger partial charge in [-0.1, -0.05) is 23.7 Å². The molecular weight excluding hydrogens is 340 g/mol. The highest BCUT2D eigenvalue weighted by Crippen LogP contribution is 2.17. The Balaban J connectivity index is 1.81. The van der Waals surface area contributed by atoms with Crippen LogP contribution in [0.2, 0.25) is 5.02 Å². The highest BCUT2D eigenvalue weighted by molar-refractivity contribution is 6.30. The fourth-order valence-corrected chi connectivity index (χ4v) is 2.98.